The normalized spacial score (nSPS) is 15.3. The Kier molecular flexibility index (Phi) is 7.87. The summed E-state index contributed by atoms with van der Waals surface area (Å²) in [5.74, 6) is -0.0662. The van der Waals surface area contributed by atoms with Crippen molar-refractivity contribution in [3.63, 3.8) is 0 Å². The summed E-state index contributed by atoms with van der Waals surface area (Å²) in [6.45, 7) is 10.5. The number of amides is 1. The minimum Gasteiger partial charge on any atom is -0.457 e. The maximum Gasteiger partial charge on any atom is 0.338 e. The molecule has 1 aromatic heterocycles. The maximum absolute atomic E-state index is 12.8. The van der Waals surface area contributed by atoms with Crippen molar-refractivity contribution in [1.82, 2.24) is 30.0 Å². The van der Waals surface area contributed by atoms with E-state index < -0.39 is 0 Å². The number of rotatable bonds is 6. The Labute approximate surface area is 205 Å². The molecule has 35 heavy (non-hydrogen) atoms. The van der Waals surface area contributed by atoms with Crippen molar-refractivity contribution in [2.75, 3.05) is 32.7 Å². The van der Waals surface area contributed by atoms with E-state index in [4.69, 9.17) is 4.74 Å². The molecule has 0 bridgehead atoms. The topological polar surface area (TPSA) is 93.5 Å². The van der Waals surface area contributed by atoms with E-state index in [-0.39, 0.29) is 11.9 Å². The lowest BCUT2D eigenvalue weighted by molar-refractivity contribution is -0.132. The lowest BCUT2D eigenvalue weighted by Crippen LogP contribution is -2.49. The van der Waals surface area contributed by atoms with Gasteiger partial charge in [-0.3, -0.25) is 9.69 Å². The van der Waals surface area contributed by atoms with Crippen molar-refractivity contribution in [2.24, 2.45) is 0 Å². The Hall–Kier alpha value is -3.59. The molecule has 2 aliphatic heterocycles. The van der Waals surface area contributed by atoms with Crippen molar-refractivity contribution in [3.8, 4) is 5.69 Å². The molecule has 9 nitrogen and oxygen atoms in total. The molecule has 5 rings (SSSR count). The first-order valence-electron chi connectivity index (χ1n) is 12.2. The summed E-state index contributed by atoms with van der Waals surface area (Å²) in [7, 11) is 0. The molecule has 0 atom stereocenters. The lowest BCUT2D eigenvalue weighted by atomic mass is 10.0. The molecule has 3 heterocycles. The van der Waals surface area contributed by atoms with Gasteiger partial charge in [0.25, 0.3) is 0 Å². The van der Waals surface area contributed by atoms with Gasteiger partial charge in [-0.2, -0.15) is 0 Å². The molecule has 0 saturated carbocycles. The van der Waals surface area contributed by atoms with Crippen LogP contribution >= 0.6 is 0 Å². The van der Waals surface area contributed by atoms with Crippen molar-refractivity contribution in [3.05, 3.63) is 70.5 Å². The Balaban J connectivity index is 0.00000141. The van der Waals surface area contributed by atoms with E-state index in [0.717, 1.165) is 61.5 Å². The first-order valence-corrected chi connectivity index (χ1v) is 12.2. The van der Waals surface area contributed by atoms with E-state index in [0.29, 0.717) is 18.6 Å². The summed E-state index contributed by atoms with van der Waals surface area (Å²) >= 11 is 0. The quantitative estimate of drug-likeness (QED) is 0.505. The van der Waals surface area contributed by atoms with Gasteiger partial charge < -0.3 is 9.64 Å². The average Bonchev–Trinajstić information content (AvgIpc) is 3.54. The molecule has 0 aliphatic carbocycles. The van der Waals surface area contributed by atoms with Crippen LogP contribution in [0.3, 0.4) is 0 Å². The van der Waals surface area contributed by atoms with E-state index in [9.17, 15) is 9.59 Å². The third-order valence-electron chi connectivity index (χ3n) is 6.40. The number of carbonyl (C=O) groups is 2. The molecule has 0 N–H and O–H groups in total. The van der Waals surface area contributed by atoms with Crippen LogP contribution in [0, 0.1) is 6.92 Å². The van der Waals surface area contributed by atoms with Crippen molar-refractivity contribution >= 4 is 11.9 Å². The fourth-order valence-electron chi connectivity index (χ4n) is 4.49. The summed E-state index contributed by atoms with van der Waals surface area (Å²) in [5, 5.41) is 11.3. The van der Waals surface area contributed by atoms with E-state index in [1.807, 2.05) is 56.0 Å². The highest BCUT2D eigenvalue weighted by Gasteiger charge is 2.23. The molecule has 2 aliphatic rings. The van der Waals surface area contributed by atoms with Gasteiger partial charge in [0.05, 0.1) is 17.7 Å². The Morgan fingerprint density at radius 2 is 1.80 bits per heavy atom. The van der Waals surface area contributed by atoms with Gasteiger partial charge >= 0.3 is 5.97 Å². The maximum atomic E-state index is 12.8. The number of piperazine rings is 1. The summed E-state index contributed by atoms with van der Waals surface area (Å²) < 4.78 is 6.70. The largest absolute Gasteiger partial charge is 0.457 e. The highest BCUT2D eigenvalue weighted by atomic mass is 16.5. The lowest BCUT2D eigenvalue weighted by Gasteiger charge is -2.35. The number of fused-ring (bicyclic) bond motifs is 1. The molecule has 3 aromatic rings. The second kappa shape index (κ2) is 11.2. The molecule has 1 saturated heterocycles. The minimum absolute atomic E-state index is 0.160. The number of carbonyl (C=O) groups excluding carboxylic acids is 2. The number of hydrogen-bond donors (Lipinski definition) is 0. The van der Waals surface area contributed by atoms with Gasteiger partial charge in [0, 0.05) is 38.3 Å². The van der Waals surface area contributed by atoms with Crippen LogP contribution in [0.5, 0.6) is 0 Å². The number of aryl methyl sites for hydroxylation is 1. The molecular weight excluding hydrogens is 444 g/mol. The standard InChI is InChI=1S/C24H26N6O3.C2H6/c1-17-12-19(3-5-22(17)30-16-25-26-27-30)14-23(31)29-10-8-28(9-11-29)7-6-18-2-4-21-20(13-18)15-33-24(21)32;1-2/h2-5,12-13,16H,6-11,14-15H2,1H3;1-2H3. The Morgan fingerprint density at radius 1 is 1.03 bits per heavy atom. The van der Waals surface area contributed by atoms with Crippen LogP contribution in [0.15, 0.2) is 42.7 Å². The van der Waals surface area contributed by atoms with E-state index in [1.54, 1.807) is 11.0 Å². The zero-order valence-electron chi connectivity index (χ0n) is 20.6. The first-order chi connectivity index (χ1) is 17.1. The van der Waals surface area contributed by atoms with Gasteiger partial charge in [0.15, 0.2) is 0 Å². The van der Waals surface area contributed by atoms with Crippen LogP contribution in [0.4, 0.5) is 0 Å². The predicted octanol–water partition coefficient (Wildman–Crippen LogP) is 2.60. The van der Waals surface area contributed by atoms with Gasteiger partial charge in [-0.15, -0.1) is 5.10 Å². The molecule has 1 fully saturated rings. The third-order valence-corrected chi connectivity index (χ3v) is 6.40. The first kappa shape index (κ1) is 24.5. The fourth-order valence-corrected chi connectivity index (χ4v) is 4.49. The molecule has 0 radical (unpaired) electrons. The van der Waals surface area contributed by atoms with Crippen molar-refractivity contribution in [2.45, 2.75) is 40.2 Å². The number of nitrogens with zero attached hydrogens (tertiary/aromatic N) is 6. The molecule has 9 heteroatoms. The molecule has 0 unspecified atom stereocenters. The Morgan fingerprint density at radius 3 is 2.51 bits per heavy atom. The van der Waals surface area contributed by atoms with Crippen LogP contribution in [-0.4, -0.2) is 74.6 Å². The zero-order valence-corrected chi connectivity index (χ0v) is 20.6. The number of hydrogen-bond acceptors (Lipinski definition) is 7. The summed E-state index contributed by atoms with van der Waals surface area (Å²) in [6.07, 6.45) is 2.88. The zero-order chi connectivity index (χ0) is 24.8. The minimum atomic E-state index is -0.226. The van der Waals surface area contributed by atoms with Gasteiger partial charge in [0.2, 0.25) is 5.91 Å². The van der Waals surface area contributed by atoms with Gasteiger partial charge in [0.1, 0.15) is 12.9 Å². The predicted molar refractivity (Wildman–Crippen MR) is 131 cm³/mol. The smallest absolute Gasteiger partial charge is 0.338 e. The number of aromatic nitrogens is 4. The molecular formula is C26H32N6O3. The van der Waals surface area contributed by atoms with Crippen molar-refractivity contribution in [1.29, 1.82) is 0 Å². The fraction of sp³-hybridized carbons (Fsp3) is 0.423. The van der Waals surface area contributed by atoms with Gasteiger partial charge in [-0.05, 0) is 52.6 Å². The average molecular weight is 477 g/mol. The second-order valence-corrected chi connectivity index (χ2v) is 8.59. The van der Waals surface area contributed by atoms with Crippen LogP contribution in [-0.2, 0) is 29.0 Å². The second-order valence-electron chi connectivity index (χ2n) is 8.59. The third kappa shape index (κ3) is 5.74. The van der Waals surface area contributed by atoms with Crippen LogP contribution in [0.25, 0.3) is 5.69 Å². The van der Waals surface area contributed by atoms with Crippen LogP contribution < -0.4 is 0 Å². The highest BCUT2D eigenvalue weighted by Crippen LogP contribution is 2.21. The number of tetrazole rings is 1. The summed E-state index contributed by atoms with van der Waals surface area (Å²) in [5.41, 5.74) is 5.81. The van der Waals surface area contributed by atoms with Gasteiger partial charge in [-0.1, -0.05) is 38.1 Å². The Bertz CT molecular complexity index is 1170. The van der Waals surface area contributed by atoms with Crippen molar-refractivity contribution < 1.29 is 14.3 Å². The summed E-state index contributed by atoms with van der Waals surface area (Å²) in [4.78, 5) is 28.8. The number of cyclic esters (lactones) is 1. The molecule has 2 aromatic carbocycles. The van der Waals surface area contributed by atoms with E-state index in [2.05, 4.69) is 26.5 Å². The van der Waals surface area contributed by atoms with Crippen LogP contribution in [0.2, 0.25) is 0 Å². The highest BCUT2D eigenvalue weighted by molar-refractivity contribution is 5.93. The van der Waals surface area contributed by atoms with Gasteiger partial charge in [-0.25, -0.2) is 9.48 Å². The number of esters is 1. The van der Waals surface area contributed by atoms with E-state index >= 15 is 0 Å². The van der Waals surface area contributed by atoms with E-state index in [1.165, 1.54) is 5.56 Å². The van der Waals surface area contributed by atoms with Crippen LogP contribution in [0.1, 0.15) is 46.5 Å². The molecule has 0 spiro atoms. The molecule has 184 valence electrons. The number of benzene rings is 2. The number of ether oxygens (including phenoxy) is 1. The molecule has 1 amide bonds. The summed E-state index contributed by atoms with van der Waals surface area (Å²) in [6, 6.07) is 11.9. The SMILES string of the molecule is CC.Cc1cc(CC(=O)N2CCN(CCc3ccc4c(c3)COC4=O)CC2)ccc1-n1cnnn1. The monoisotopic (exact) mass is 476 g/mol.